The zero-order valence-electron chi connectivity index (χ0n) is 11.0. The highest BCUT2D eigenvalue weighted by atomic mass is 79.9. The summed E-state index contributed by atoms with van der Waals surface area (Å²) in [4.78, 5) is 15.7. The first kappa shape index (κ1) is 14.5. The van der Waals surface area contributed by atoms with Gasteiger partial charge in [-0.1, -0.05) is 6.07 Å². The fourth-order valence-electron chi connectivity index (χ4n) is 1.89. The zero-order valence-corrected chi connectivity index (χ0v) is 12.6. The average Bonchev–Trinajstić information content (AvgIpc) is 2.36. The predicted octanol–water partition coefficient (Wildman–Crippen LogP) is 3.43. The smallest absolute Gasteiger partial charge is 0.258 e. The molecule has 0 bridgehead atoms. The second kappa shape index (κ2) is 5.58. The van der Waals surface area contributed by atoms with Crippen LogP contribution in [0.25, 0.3) is 0 Å². The van der Waals surface area contributed by atoms with Gasteiger partial charge in [-0.15, -0.1) is 0 Å². The third-order valence-corrected chi connectivity index (χ3v) is 3.46. The van der Waals surface area contributed by atoms with Crippen LogP contribution in [-0.4, -0.2) is 10.9 Å². The minimum Gasteiger partial charge on any atom is -0.381 e. The van der Waals surface area contributed by atoms with Crippen molar-refractivity contribution < 1.29 is 9.18 Å². The Labute approximate surface area is 124 Å². The van der Waals surface area contributed by atoms with Crippen LogP contribution in [0.5, 0.6) is 0 Å². The molecule has 20 heavy (non-hydrogen) atoms. The van der Waals surface area contributed by atoms with Crippen LogP contribution in [0, 0.1) is 19.7 Å². The molecule has 3 N–H and O–H groups in total. The van der Waals surface area contributed by atoms with Gasteiger partial charge in [0.25, 0.3) is 5.91 Å². The Morgan fingerprint density at radius 2 is 2.10 bits per heavy atom. The summed E-state index contributed by atoms with van der Waals surface area (Å²) in [5.41, 5.74) is 7.77. The lowest BCUT2D eigenvalue weighted by Gasteiger charge is -2.12. The van der Waals surface area contributed by atoms with Crippen LogP contribution in [0.15, 0.2) is 28.9 Å². The molecule has 0 fully saturated rings. The highest BCUT2D eigenvalue weighted by Gasteiger charge is 2.16. The summed E-state index contributed by atoms with van der Waals surface area (Å²) in [7, 11) is 0. The van der Waals surface area contributed by atoms with Crippen molar-refractivity contribution in [2.24, 2.45) is 0 Å². The van der Waals surface area contributed by atoms with E-state index in [2.05, 4.69) is 26.2 Å². The van der Waals surface area contributed by atoms with Gasteiger partial charge in [-0.25, -0.2) is 9.37 Å². The predicted molar refractivity (Wildman–Crippen MR) is 80.2 cm³/mol. The molecular weight excluding hydrogens is 325 g/mol. The molecule has 2 rings (SSSR count). The Hall–Kier alpha value is -1.95. The van der Waals surface area contributed by atoms with Crippen LogP contribution in [0.4, 0.5) is 15.9 Å². The van der Waals surface area contributed by atoms with E-state index in [1.54, 1.807) is 0 Å². The number of nitrogens with two attached hydrogens (primary N) is 1. The summed E-state index contributed by atoms with van der Waals surface area (Å²) in [5, 5.41) is 2.68. The van der Waals surface area contributed by atoms with Crippen LogP contribution >= 0.6 is 15.9 Å². The molecule has 0 spiro atoms. The van der Waals surface area contributed by atoms with Gasteiger partial charge in [0.2, 0.25) is 0 Å². The van der Waals surface area contributed by atoms with Crippen molar-refractivity contribution in [3.05, 3.63) is 51.4 Å². The molecule has 0 aliphatic carbocycles. The summed E-state index contributed by atoms with van der Waals surface area (Å²) in [6, 6.07) is 5.09. The Morgan fingerprint density at radius 1 is 1.40 bits per heavy atom. The third-order valence-electron chi connectivity index (χ3n) is 2.83. The van der Waals surface area contributed by atoms with E-state index in [1.807, 2.05) is 26.0 Å². The zero-order chi connectivity index (χ0) is 14.9. The van der Waals surface area contributed by atoms with Crippen molar-refractivity contribution >= 4 is 33.3 Å². The number of aromatic nitrogens is 1. The van der Waals surface area contributed by atoms with E-state index in [-0.39, 0.29) is 11.4 Å². The van der Waals surface area contributed by atoms with Gasteiger partial charge >= 0.3 is 0 Å². The van der Waals surface area contributed by atoms with Gasteiger partial charge in [0, 0.05) is 10.7 Å². The first-order valence-corrected chi connectivity index (χ1v) is 6.67. The van der Waals surface area contributed by atoms with Crippen molar-refractivity contribution in [2.75, 3.05) is 11.1 Å². The van der Waals surface area contributed by atoms with E-state index in [1.165, 1.54) is 12.3 Å². The van der Waals surface area contributed by atoms with Crippen molar-refractivity contribution in [2.45, 2.75) is 13.8 Å². The van der Waals surface area contributed by atoms with Crippen LogP contribution in [0.2, 0.25) is 0 Å². The number of aryl methyl sites for hydroxylation is 2. The van der Waals surface area contributed by atoms with E-state index in [4.69, 9.17) is 5.73 Å². The standard InChI is InChI=1S/C14H13BrFN3O/c1-7-5-8(2)12(10(15)6-7)19-14(20)9-3-4-18-13(17)11(9)16/h3-6H,1-2H3,(H2,17,18)(H,19,20). The molecule has 0 saturated carbocycles. The first-order valence-electron chi connectivity index (χ1n) is 5.88. The quantitative estimate of drug-likeness (QED) is 0.881. The molecule has 4 nitrogen and oxygen atoms in total. The minimum absolute atomic E-state index is 0.135. The SMILES string of the molecule is Cc1cc(C)c(NC(=O)c2ccnc(N)c2F)c(Br)c1. The van der Waals surface area contributed by atoms with Gasteiger partial charge in [0.15, 0.2) is 11.6 Å². The maximum absolute atomic E-state index is 13.8. The molecular formula is C14H13BrFN3O. The molecule has 1 aromatic carbocycles. The number of halogens is 2. The normalized spacial score (nSPS) is 10.4. The van der Waals surface area contributed by atoms with Gasteiger partial charge in [-0.3, -0.25) is 4.79 Å². The summed E-state index contributed by atoms with van der Waals surface area (Å²) in [6.45, 7) is 3.82. The maximum Gasteiger partial charge on any atom is 0.258 e. The average molecular weight is 338 g/mol. The van der Waals surface area contributed by atoms with Crippen molar-refractivity contribution in [1.29, 1.82) is 0 Å². The lowest BCUT2D eigenvalue weighted by Crippen LogP contribution is -2.16. The van der Waals surface area contributed by atoms with Gasteiger partial charge in [0.1, 0.15) is 0 Å². The fourth-order valence-corrected chi connectivity index (χ4v) is 2.66. The topological polar surface area (TPSA) is 68.0 Å². The van der Waals surface area contributed by atoms with Crippen molar-refractivity contribution in [3.63, 3.8) is 0 Å². The molecule has 1 aromatic heterocycles. The number of nitrogens with zero attached hydrogens (tertiary/aromatic N) is 1. The second-order valence-electron chi connectivity index (χ2n) is 4.45. The molecule has 2 aromatic rings. The first-order chi connectivity index (χ1) is 9.40. The number of amides is 1. The van der Waals surface area contributed by atoms with E-state index in [0.717, 1.165) is 15.6 Å². The molecule has 0 atom stereocenters. The lowest BCUT2D eigenvalue weighted by atomic mass is 10.1. The molecule has 0 saturated heterocycles. The molecule has 6 heteroatoms. The Morgan fingerprint density at radius 3 is 2.75 bits per heavy atom. The van der Waals surface area contributed by atoms with Crippen LogP contribution < -0.4 is 11.1 Å². The van der Waals surface area contributed by atoms with Crippen molar-refractivity contribution in [1.82, 2.24) is 4.98 Å². The summed E-state index contributed by atoms with van der Waals surface area (Å²) < 4.78 is 14.5. The van der Waals surface area contributed by atoms with Gasteiger partial charge in [-0.2, -0.15) is 0 Å². The van der Waals surface area contributed by atoms with Crippen LogP contribution in [-0.2, 0) is 0 Å². The molecule has 0 radical (unpaired) electrons. The number of pyridine rings is 1. The summed E-state index contributed by atoms with van der Waals surface area (Å²) >= 11 is 3.39. The molecule has 1 heterocycles. The van der Waals surface area contributed by atoms with Gasteiger partial charge in [0.05, 0.1) is 11.3 Å². The second-order valence-corrected chi connectivity index (χ2v) is 5.30. The summed E-state index contributed by atoms with van der Waals surface area (Å²) in [5.74, 6) is -1.67. The molecule has 0 unspecified atom stereocenters. The third kappa shape index (κ3) is 2.80. The lowest BCUT2D eigenvalue weighted by molar-refractivity contribution is 0.102. The molecule has 0 aliphatic rings. The highest BCUT2D eigenvalue weighted by molar-refractivity contribution is 9.10. The van der Waals surface area contributed by atoms with E-state index < -0.39 is 11.7 Å². The van der Waals surface area contributed by atoms with E-state index in [9.17, 15) is 9.18 Å². The van der Waals surface area contributed by atoms with Gasteiger partial charge < -0.3 is 11.1 Å². The number of hydrogen-bond acceptors (Lipinski definition) is 3. The molecule has 0 aliphatic heterocycles. The maximum atomic E-state index is 13.8. The monoisotopic (exact) mass is 337 g/mol. The summed E-state index contributed by atoms with van der Waals surface area (Å²) in [6.07, 6.45) is 1.30. The Kier molecular flexibility index (Phi) is 4.04. The number of rotatable bonds is 2. The van der Waals surface area contributed by atoms with Crippen molar-refractivity contribution in [3.8, 4) is 0 Å². The molecule has 1 amide bonds. The highest BCUT2D eigenvalue weighted by Crippen LogP contribution is 2.28. The van der Waals surface area contributed by atoms with E-state index in [0.29, 0.717) is 5.69 Å². The van der Waals surface area contributed by atoms with Crippen LogP contribution in [0.1, 0.15) is 21.5 Å². The fraction of sp³-hybridized carbons (Fsp3) is 0.143. The number of nitrogen functional groups attached to an aromatic ring is 1. The number of benzene rings is 1. The largest absolute Gasteiger partial charge is 0.381 e. The number of nitrogens with one attached hydrogen (secondary N) is 1. The molecule has 104 valence electrons. The number of carbonyl (C=O) groups is 1. The van der Waals surface area contributed by atoms with Gasteiger partial charge in [-0.05, 0) is 53.0 Å². The van der Waals surface area contributed by atoms with E-state index >= 15 is 0 Å². The number of anilines is 2. The number of carbonyl (C=O) groups excluding carboxylic acids is 1. The van der Waals surface area contributed by atoms with Crippen LogP contribution in [0.3, 0.4) is 0 Å². The minimum atomic E-state index is -0.814. The Balaban J connectivity index is 2.36. The number of hydrogen-bond donors (Lipinski definition) is 2. The Bertz CT molecular complexity index is 665.